The van der Waals surface area contributed by atoms with Gasteiger partial charge in [0, 0.05) is 6.20 Å². The van der Waals surface area contributed by atoms with Crippen LogP contribution in [0.1, 0.15) is 11.3 Å². The van der Waals surface area contributed by atoms with Crippen molar-refractivity contribution in [2.24, 2.45) is 0 Å². The first-order chi connectivity index (χ1) is 8.61. The van der Waals surface area contributed by atoms with Crippen LogP contribution in [0.3, 0.4) is 0 Å². The number of pyridine rings is 1. The Morgan fingerprint density at radius 3 is 3.00 bits per heavy atom. The van der Waals surface area contributed by atoms with E-state index in [0.29, 0.717) is 0 Å². The fraction of sp³-hybridized carbons (Fsp3) is 0.0909. The van der Waals surface area contributed by atoms with E-state index in [4.69, 9.17) is 22.6 Å². The summed E-state index contributed by atoms with van der Waals surface area (Å²) in [5.41, 5.74) is 6.04. The van der Waals surface area contributed by atoms with Crippen LogP contribution in [0.4, 0.5) is 5.69 Å². The zero-order valence-corrected chi connectivity index (χ0v) is 9.92. The van der Waals surface area contributed by atoms with E-state index in [-0.39, 0.29) is 23.1 Å². The summed E-state index contributed by atoms with van der Waals surface area (Å²) in [5, 5.41) is 8.72. The summed E-state index contributed by atoms with van der Waals surface area (Å²) in [6.07, 6.45) is 2.82. The van der Waals surface area contributed by atoms with E-state index >= 15 is 0 Å². The first-order valence-electron chi connectivity index (χ1n) is 4.97. The second-order valence-corrected chi connectivity index (χ2v) is 3.90. The predicted octanol–water partition coefficient (Wildman–Crippen LogP) is 0.794. The van der Waals surface area contributed by atoms with Gasteiger partial charge in [-0.15, -0.1) is 0 Å². The predicted molar refractivity (Wildman–Crippen MR) is 66.0 cm³/mol. The van der Waals surface area contributed by atoms with E-state index in [9.17, 15) is 4.79 Å². The number of aromatic nitrogens is 3. The monoisotopic (exact) mass is 261 g/mol. The molecule has 2 heterocycles. The van der Waals surface area contributed by atoms with Gasteiger partial charge in [0.25, 0.3) is 5.56 Å². The normalized spacial score (nSPS) is 10.0. The van der Waals surface area contributed by atoms with Crippen molar-refractivity contribution in [2.45, 2.75) is 6.54 Å². The van der Waals surface area contributed by atoms with Crippen LogP contribution in [-0.4, -0.2) is 14.5 Å². The third kappa shape index (κ3) is 2.31. The minimum absolute atomic E-state index is 0.0105. The van der Waals surface area contributed by atoms with Gasteiger partial charge >= 0.3 is 0 Å². The molecule has 0 unspecified atom stereocenters. The molecule has 0 saturated carbocycles. The molecule has 7 heteroatoms. The topological polar surface area (TPSA) is 97.6 Å². The number of rotatable bonds is 2. The quantitative estimate of drug-likeness (QED) is 0.806. The van der Waals surface area contributed by atoms with Gasteiger partial charge in [-0.05, 0) is 17.7 Å². The van der Waals surface area contributed by atoms with Crippen molar-refractivity contribution in [3.8, 4) is 6.07 Å². The van der Waals surface area contributed by atoms with Crippen molar-refractivity contribution in [3.05, 3.63) is 51.4 Å². The van der Waals surface area contributed by atoms with Gasteiger partial charge in [0.1, 0.15) is 17.5 Å². The molecule has 6 nitrogen and oxygen atoms in total. The lowest BCUT2D eigenvalue weighted by atomic mass is 10.2. The third-order valence-corrected chi connectivity index (χ3v) is 2.62. The largest absolute Gasteiger partial charge is 0.392 e. The molecule has 0 aliphatic carbocycles. The number of nitrogens with two attached hydrogens (primary N) is 1. The summed E-state index contributed by atoms with van der Waals surface area (Å²) in [6, 6.07) is 5.23. The van der Waals surface area contributed by atoms with E-state index in [1.807, 2.05) is 6.07 Å². The molecule has 0 atom stereocenters. The molecule has 0 aliphatic rings. The molecule has 0 fully saturated rings. The lowest BCUT2D eigenvalue weighted by Crippen LogP contribution is -2.24. The summed E-state index contributed by atoms with van der Waals surface area (Å²) in [4.78, 5) is 19.4. The number of nitriles is 1. The van der Waals surface area contributed by atoms with Crippen LogP contribution >= 0.6 is 11.6 Å². The molecule has 0 bridgehead atoms. The molecule has 0 saturated heterocycles. The van der Waals surface area contributed by atoms with E-state index in [0.717, 1.165) is 5.56 Å². The maximum absolute atomic E-state index is 11.8. The maximum Gasteiger partial charge on any atom is 0.278 e. The highest BCUT2D eigenvalue weighted by Gasteiger charge is 2.07. The van der Waals surface area contributed by atoms with Gasteiger partial charge < -0.3 is 5.73 Å². The molecular weight excluding hydrogens is 254 g/mol. The first kappa shape index (κ1) is 12.1. The van der Waals surface area contributed by atoms with Gasteiger partial charge in [-0.25, -0.2) is 9.97 Å². The fourth-order valence-electron chi connectivity index (χ4n) is 1.43. The molecule has 2 aromatic rings. The van der Waals surface area contributed by atoms with Crippen LogP contribution in [0.2, 0.25) is 5.15 Å². The van der Waals surface area contributed by atoms with Crippen molar-refractivity contribution in [3.63, 3.8) is 0 Å². The van der Waals surface area contributed by atoms with Gasteiger partial charge in [-0.3, -0.25) is 9.36 Å². The SMILES string of the molecule is N#Cc1cc(Cn2cnc(Cl)c(N)c2=O)ccn1. The standard InChI is InChI=1S/C11H8ClN5O/c12-10-9(14)11(18)17(6-16-10)5-7-1-2-15-8(3-7)4-13/h1-3,6H,5,14H2. The molecule has 18 heavy (non-hydrogen) atoms. The molecule has 2 rings (SSSR count). The van der Waals surface area contributed by atoms with Crippen LogP contribution in [0.15, 0.2) is 29.5 Å². The molecule has 2 N–H and O–H groups in total. The summed E-state index contributed by atoms with van der Waals surface area (Å²) >= 11 is 5.63. The second kappa shape index (κ2) is 4.85. The van der Waals surface area contributed by atoms with Crippen molar-refractivity contribution < 1.29 is 0 Å². The van der Waals surface area contributed by atoms with E-state index < -0.39 is 5.56 Å². The highest BCUT2D eigenvalue weighted by Crippen LogP contribution is 2.09. The zero-order valence-electron chi connectivity index (χ0n) is 9.17. The summed E-state index contributed by atoms with van der Waals surface area (Å²) in [6.45, 7) is 0.254. The molecule has 90 valence electrons. The number of anilines is 1. The minimum atomic E-state index is -0.412. The Balaban J connectivity index is 2.38. The third-order valence-electron chi connectivity index (χ3n) is 2.32. The van der Waals surface area contributed by atoms with E-state index in [2.05, 4.69) is 9.97 Å². The Kier molecular flexibility index (Phi) is 3.26. The Morgan fingerprint density at radius 1 is 1.50 bits per heavy atom. The van der Waals surface area contributed by atoms with Crippen molar-refractivity contribution in [2.75, 3.05) is 5.73 Å². The number of nitrogens with zero attached hydrogens (tertiary/aromatic N) is 4. The van der Waals surface area contributed by atoms with Crippen LogP contribution in [0.25, 0.3) is 0 Å². The first-order valence-corrected chi connectivity index (χ1v) is 5.35. The van der Waals surface area contributed by atoms with Crippen LogP contribution in [0.5, 0.6) is 0 Å². The smallest absolute Gasteiger partial charge is 0.278 e. The number of hydrogen-bond donors (Lipinski definition) is 1. The summed E-state index contributed by atoms with van der Waals surface area (Å²) in [5.74, 6) is 0. The van der Waals surface area contributed by atoms with Gasteiger partial charge in [-0.1, -0.05) is 11.6 Å². The fourth-order valence-corrected chi connectivity index (χ4v) is 1.55. The van der Waals surface area contributed by atoms with Crippen molar-refractivity contribution in [1.82, 2.24) is 14.5 Å². The van der Waals surface area contributed by atoms with Crippen molar-refractivity contribution >= 4 is 17.3 Å². The molecule has 0 radical (unpaired) electrons. The molecule has 0 amide bonds. The highest BCUT2D eigenvalue weighted by molar-refractivity contribution is 6.31. The second-order valence-electron chi connectivity index (χ2n) is 3.54. The highest BCUT2D eigenvalue weighted by atomic mass is 35.5. The van der Waals surface area contributed by atoms with Crippen LogP contribution < -0.4 is 11.3 Å². The Labute approximate surface area is 107 Å². The summed E-state index contributed by atoms with van der Waals surface area (Å²) in [7, 11) is 0. The van der Waals surface area contributed by atoms with Gasteiger partial charge in [-0.2, -0.15) is 5.26 Å². The number of nitrogen functional groups attached to an aromatic ring is 1. The summed E-state index contributed by atoms with van der Waals surface area (Å²) < 4.78 is 1.32. The van der Waals surface area contributed by atoms with Crippen LogP contribution in [0, 0.1) is 11.3 Å². The molecule has 0 aliphatic heterocycles. The average Bonchev–Trinajstić information content (AvgIpc) is 2.40. The van der Waals surface area contributed by atoms with Gasteiger partial charge in [0.15, 0.2) is 5.15 Å². The molecule has 0 aromatic carbocycles. The molecular formula is C11H8ClN5O. The van der Waals surface area contributed by atoms with Crippen molar-refractivity contribution in [1.29, 1.82) is 5.26 Å². The van der Waals surface area contributed by atoms with Crippen LogP contribution in [-0.2, 0) is 6.54 Å². The number of hydrogen-bond acceptors (Lipinski definition) is 5. The van der Waals surface area contributed by atoms with Gasteiger partial charge in [0.05, 0.1) is 12.9 Å². The molecule has 2 aromatic heterocycles. The average molecular weight is 262 g/mol. The van der Waals surface area contributed by atoms with Gasteiger partial charge in [0.2, 0.25) is 0 Å². The lowest BCUT2D eigenvalue weighted by Gasteiger charge is -2.06. The molecule has 0 spiro atoms. The maximum atomic E-state index is 11.8. The lowest BCUT2D eigenvalue weighted by molar-refractivity contribution is 0.738. The Morgan fingerprint density at radius 2 is 2.28 bits per heavy atom. The van der Waals surface area contributed by atoms with E-state index in [1.165, 1.54) is 17.1 Å². The number of halogens is 1. The van der Waals surface area contributed by atoms with E-state index in [1.54, 1.807) is 12.1 Å². The zero-order chi connectivity index (χ0) is 13.1. The Hall–Kier alpha value is -2.39. The minimum Gasteiger partial charge on any atom is -0.392 e. The Bertz CT molecular complexity index is 689.